The molecule has 0 radical (unpaired) electrons. The van der Waals surface area contributed by atoms with Gasteiger partial charge in [0.15, 0.2) is 0 Å². The van der Waals surface area contributed by atoms with E-state index in [2.05, 4.69) is 43.8 Å². The SMILES string of the molecule is Cc1c(C(=Nc2ccccc2O[Si](C)(C)C)c2ccccc2)cnn1C. The number of para-hydroxylation sites is 2. The third-order valence-electron chi connectivity index (χ3n) is 4.05. The van der Waals surface area contributed by atoms with Crippen molar-refractivity contribution in [2.24, 2.45) is 12.0 Å². The fraction of sp³-hybridized carbons (Fsp3) is 0.238. The summed E-state index contributed by atoms with van der Waals surface area (Å²) in [6, 6.07) is 18.2. The minimum absolute atomic E-state index is 0.835. The van der Waals surface area contributed by atoms with Gasteiger partial charge in [0.2, 0.25) is 8.32 Å². The molecular weight excluding hydrogens is 338 g/mol. The first-order chi connectivity index (χ1) is 12.3. The molecule has 4 nitrogen and oxygen atoms in total. The molecule has 0 N–H and O–H groups in total. The van der Waals surface area contributed by atoms with Crippen molar-refractivity contribution in [3.63, 3.8) is 0 Å². The molecule has 5 heteroatoms. The molecule has 0 aliphatic heterocycles. The summed E-state index contributed by atoms with van der Waals surface area (Å²) in [5.74, 6) is 0.835. The molecule has 0 unspecified atom stereocenters. The fourth-order valence-electron chi connectivity index (χ4n) is 2.69. The molecule has 0 spiro atoms. The monoisotopic (exact) mass is 363 g/mol. The van der Waals surface area contributed by atoms with E-state index in [0.29, 0.717) is 0 Å². The second-order valence-electron chi connectivity index (χ2n) is 7.28. The Morgan fingerprint density at radius 3 is 2.27 bits per heavy atom. The molecule has 0 saturated carbocycles. The van der Waals surface area contributed by atoms with E-state index in [1.54, 1.807) is 0 Å². The van der Waals surface area contributed by atoms with Crippen LogP contribution in [0.4, 0.5) is 5.69 Å². The lowest BCUT2D eigenvalue weighted by Gasteiger charge is -2.20. The van der Waals surface area contributed by atoms with Crippen LogP contribution in [0.1, 0.15) is 16.8 Å². The van der Waals surface area contributed by atoms with Crippen LogP contribution in [0.2, 0.25) is 19.6 Å². The van der Waals surface area contributed by atoms with Crippen molar-refractivity contribution in [3.8, 4) is 5.75 Å². The summed E-state index contributed by atoms with van der Waals surface area (Å²) in [6.07, 6.45) is 1.88. The Morgan fingerprint density at radius 1 is 1.00 bits per heavy atom. The average molecular weight is 364 g/mol. The van der Waals surface area contributed by atoms with Crippen LogP contribution >= 0.6 is 0 Å². The van der Waals surface area contributed by atoms with E-state index in [4.69, 9.17) is 9.42 Å². The number of aryl methyl sites for hydroxylation is 1. The summed E-state index contributed by atoms with van der Waals surface area (Å²) in [7, 11) is 0.217. The summed E-state index contributed by atoms with van der Waals surface area (Å²) in [5, 5.41) is 4.40. The van der Waals surface area contributed by atoms with Crippen LogP contribution in [0.25, 0.3) is 0 Å². The Morgan fingerprint density at radius 2 is 1.65 bits per heavy atom. The molecule has 0 fully saturated rings. The van der Waals surface area contributed by atoms with Crippen LogP contribution < -0.4 is 4.43 Å². The number of rotatable bonds is 5. The maximum atomic E-state index is 6.25. The summed E-state index contributed by atoms with van der Waals surface area (Å²) in [4.78, 5) is 5.02. The van der Waals surface area contributed by atoms with Crippen molar-refractivity contribution in [1.82, 2.24) is 9.78 Å². The first kappa shape index (κ1) is 18.1. The van der Waals surface area contributed by atoms with Crippen molar-refractivity contribution < 1.29 is 4.43 Å². The molecule has 134 valence electrons. The summed E-state index contributed by atoms with van der Waals surface area (Å²) < 4.78 is 8.13. The second-order valence-corrected chi connectivity index (χ2v) is 11.7. The van der Waals surface area contributed by atoms with Crippen LogP contribution in [-0.4, -0.2) is 23.8 Å². The molecule has 3 rings (SSSR count). The molecule has 1 aromatic heterocycles. The normalized spacial score (nSPS) is 12.3. The third-order valence-corrected chi connectivity index (χ3v) is 4.88. The highest BCUT2D eigenvalue weighted by Gasteiger charge is 2.19. The van der Waals surface area contributed by atoms with E-state index in [1.807, 2.05) is 60.4 Å². The van der Waals surface area contributed by atoms with E-state index < -0.39 is 8.32 Å². The molecule has 0 atom stereocenters. The second kappa shape index (κ2) is 7.29. The molecule has 1 heterocycles. The van der Waals surface area contributed by atoms with Gasteiger partial charge >= 0.3 is 0 Å². The number of hydrogen-bond acceptors (Lipinski definition) is 3. The molecule has 0 saturated heterocycles. The van der Waals surface area contributed by atoms with Crippen LogP contribution in [0.15, 0.2) is 65.8 Å². The highest BCUT2D eigenvalue weighted by molar-refractivity contribution is 6.70. The number of nitrogens with zero attached hydrogens (tertiary/aromatic N) is 3. The van der Waals surface area contributed by atoms with E-state index >= 15 is 0 Å². The zero-order valence-corrected chi connectivity index (χ0v) is 17.0. The maximum absolute atomic E-state index is 6.25. The van der Waals surface area contributed by atoms with Gasteiger partial charge in [0.1, 0.15) is 11.4 Å². The molecule has 0 amide bonds. The quantitative estimate of drug-likeness (QED) is 0.467. The largest absolute Gasteiger partial charge is 0.543 e. The Hall–Kier alpha value is -2.66. The summed E-state index contributed by atoms with van der Waals surface area (Å²) >= 11 is 0. The lowest BCUT2D eigenvalue weighted by Crippen LogP contribution is -2.29. The molecule has 0 aliphatic rings. The van der Waals surface area contributed by atoms with Crippen molar-refractivity contribution >= 4 is 19.7 Å². The minimum Gasteiger partial charge on any atom is -0.543 e. The van der Waals surface area contributed by atoms with Crippen molar-refractivity contribution in [1.29, 1.82) is 0 Å². The van der Waals surface area contributed by atoms with Gasteiger partial charge in [-0.05, 0) is 38.7 Å². The lowest BCUT2D eigenvalue weighted by atomic mass is 10.0. The van der Waals surface area contributed by atoms with Gasteiger partial charge in [0, 0.05) is 23.9 Å². The van der Waals surface area contributed by atoms with Gasteiger partial charge in [-0.2, -0.15) is 5.10 Å². The van der Waals surface area contributed by atoms with E-state index in [9.17, 15) is 0 Å². The smallest absolute Gasteiger partial charge is 0.242 e. The van der Waals surface area contributed by atoms with Gasteiger partial charge in [0.25, 0.3) is 0 Å². The number of aliphatic imine (C=N–C) groups is 1. The van der Waals surface area contributed by atoms with E-state index in [-0.39, 0.29) is 0 Å². The Balaban J connectivity index is 2.16. The van der Waals surface area contributed by atoms with E-state index in [0.717, 1.165) is 34.0 Å². The summed E-state index contributed by atoms with van der Waals surface area (Å²) in [6.45, 7) is 8.59. The molecule has 0 bridgehead atoms. The molecular formula is C21H25N3OSi. The Labute approximate surface area is 156 Å². The fourth-order valence-corrected chi connectivity index (χ4v) is 3.53. The standard InChI is InChI=1S/C21H25N3OSi/c1-16-18(15-22-24(16)2)21(17-11-7-6-8-12-17)23-19-13-9-10-14-20(19)25-26(3,4)5/h6-15H,1-5H3. The third kappa shape index (κ3) is 4.11. The van der Waals surface area contributed by atoms with Crippen LogP contribution in [0, 0.1) is 6.92 Å². The van der Waals surface area contributed by atoms with Gasteiger partial charge in [-0.3, -0.25) is 4.68 Å². The van der Waals surface area contributed by atoms with Gasteiger partial charge in [0.05, 0.1) is 11.9 Å². The molecule has 3 aromatic rings. The Kier molecular flexibility index (Phi) is 5.09. The Bertz CT molecular complexity index is 924. The number of aromatic nitrogens is 2. The topological polar surface area (TPSA) is 39.4 Å². The van der Waals surface area contributed by atoms with Gasteiger partial charge in [-0.15, -0.1) is 0 Å². The van der Waals surface area contributed by atoms with Gasteiger partial charge < -0.3 is 4.43 Å². The van der Waals surface area contributed by atoms with Crippen molar-refractivity contribution in [2.45, 2.75) is 26.6 Å². The minimum atomic E-state index is -1.73. The highest BCUT2D eigenvalue weighted by atomic mass is 28.4. The first-order valence-corrected chi connectivity index (χ1v) is 12.2. The molecule has 2 aromatic carbocycles. The molecule has 26 heavy (non-hydrogen) atoms. The lowest BCUT2D eigenvalue weighted by molar-refractivity contribution is 0.559. The zero-order chi connectivity index (χ0) is 18.7. The van der Waals surface area contributed by atoms with Crippen molar-refractivity contribution in [3.05, 3.63) is 77.6 Å². The number of benzene rings is 2. The van der Waals surface area contributed by atoms with Crippen molar-refractivity contribution in [2.75, 3.05) is 0 Å². The van der Waals surface area contributed by atoms with Crippen LogP contribution in [-0.2, 0) is 7.05 Å². The predicted octanol–water partition coefficient (Wildman–Crippen LogP) is 5.11. The van der Waals surface area contributed by atoms with Crippen LogP contribution in [0.5, 0.6) is 5.75 Å². The highest BCUT2D eigenvalue weighted by Crippen LogP contribution is 2.31. The van der Waals surface area contributed by atoms with Gasteiger partial charge in [-0.25, -0.2) is 4.99 Å². The zero-order valence-electron chi connectivity index (χ0n) is 16.0. The predicted molar refractivity (Wildman–Crippen MR) is 110 cm³/mol. The van der Waals surface area contributed by atoms with Gasteiger partial charge in [-0.1, -0.05) is 42.5 Å². The first-order valence-electron chi connectivity index (χ1n) is 8.76. The van der Waals surface area contributed by atoms with Crippen LogP contribution in [0.3, 0.4) is 0 Å². The summed E-state index contributed by atoms with van der Waals surface area (Å²) in [5.41, 5.74) is 4.92. The molecule has 0 aliphatic carbocycles. The number of hydrogen-bond donors (Lipinski definition) is 0. The maximum Gasteiger partial charge on any atom is 0.242 e. The van der Waals surface area contributed by atoms with E-state index in [1.165, 1.54) is 0 Å². The average Bonchev–Trinajstić information content (AvgIpc) is 2.93.